The van der Waals surface area contributed by atoms with Crippen LogP contribution in [0.2, 0.25) is 0 Å². The maximum absolute atomic E-state index is 13.8. The van der Waals surface area contributed by atoms with E-state index in [1.807, 2.05) is 18.2 Å². The molecule has 114 valence electrons. The summed E-state index contributed by atoms with van der Waals surface area (Å²) in [5.41, 5.74) is 0.849. The van der Waals surface area contributed by atoms with E-state index in [9.17, 15) is 9.50 Å². The Morgan fingerprint density at radius 2 is 1.76 bits per heavy atom. The van der Waals surface area contributed by atoms with Crippen LogP contribution in [0.5, 0.6) is 0 Å². The average Bonchev–Trinajstić information content (AvgIpc) is 2.51. The summed E-state index contributed by atoms with van der Waals surface area (Å²) in [6, 6.07) is 10.6. The molecule has 0 aliphatic rings. The van der Waals surface area contributed by atoms with Crippen molar-refractivity contribution in [3.63, 3.8) is 0 Å². The Morgan fingerprint density at radius 1 is 1.05 bits per heavy atom. The van der Waals surface area contributed by atoms with Crippen LogP contribution in [-0.2, 0) is 0 Å². The van der Waals surface area contributed by atoms with E-state index in [4.69, 9.17) is 0 Å². The topological polar surface area (TPSA) is 20.2 Å². The second-order valence-corrected chi connectivity index (χ2v) is 5.85. The first-order chi connectivity index (χ1) is 10.2. The van der Waals surface area contributed by atoms with E-state index in [0.29, 0.717) is 11.3 Å². The number of hydrogen-bond acceptors (Lipinski definition) is 1. The molecule has 21 heavy (non-hydrogen) atoms. The van der Waals surface area contributed by atoms with E-state index in [0.717, 1.165) is 30.2 Å². The Labute approximate surface area is 126 Å². The smallest absolute Gasteiger partial charge is 0.131 e. The van der Waals surface area contributed by atoms with E-state index in [1.165, 1.54) is 18.9 Å². The monoisotopic (exact) mass is 288 g/mol. The molecule has 0 saturated carbocycles. The number of fused-ring (bicyclic) bond motifs is 1. The van der Waals surface area contributed by atoms with Crippen LogP contribution in [0.1, 0.15) is 57.6 Å². The van der Waals surface area contributed by atoms with Crippen molar-refractivity contribution >= 4 is 10.8 Å². The van der Waals surface area contributed by atoms with Crippen LogP contribution < -0.4 is 0 Å². The number of aliphatic hydroxyl groups excluding tert-OH is 1. The summed E-state index contributed by atoms with van der Waals surface area (Å²) in [6.45, 7) is 4.37. The molecule has 2 unspecified atom stereocenters. The van der Waals surface area contributed by atoms with Gasteiger partial charge < -0.3 is 5.11 Å². The summed E-state index contributed by atoms with van der Waals surface area (Å²) < 4.78 is 13.8. The standard InChI is InChI=1S/C19H25FO/c1-3-5-8-14(4-2)13-19(21)17-11-12-18(20)16-10-7-6-9-15(16)17/h6-7,9-12,14,19,21H,3-5,8,13H2,1-2H3. The Morgan fingerprint density at radius 3 is 2.43 bits per heavy atom. The summed E-state index contributed by atoms with van der Waals surface area (Å²) >= 11 is 0. The summed E-state index contributed by atoms with van der Waals surface area (Å²) in [7, 11) is 0. The van der Waals surface area contributed by atoms with Gasteiger partial charge in [-0.3, -0.25) is 0 Å². The number of aliphatic hydroxyl groups is 1. The van der Waals surface area contributed by atoms with Crippen LogP contribution in [0.25, 0.3) is 10.8 Å². The molecular weight excluding hydrogens is 263 g/mol. The van der Waals surface area contributed by atoms with Gasteiger partial charge in [-0.2, -0.15) is 0 Å². The predicted octanol–water partition coefficient (Wildman–Crippen LogP) is 5.62. The third-order valence-corrected chi connectivity index (χ3v) is 4.36. The molecule has 0 fully saturated rings. The molecule has 2 atom stereocenters. The second-order valence-electron chi connectivity index (χ2n) is 5.85. The first-order valence-corrected chi connectivity index (χ1v) is 8.02. The van der Waals surface area contributed by atoms with Gasteiger partial charge in [0.25, 0.3) is 0 Å². The van der Waals surface area contributed by atoms with Crippen molar-refractivity contribution in [2.75, 3.05) is 0 Å². The zero-order chi connectivity index (χ0) is 15.2. The fraction of sp³-hybridized carbons (Fsp3) is 0.474. The van der Waals surface area contributed by atoms with Crippen LogP contribution in [0.15, 0.2) is 36.4 Å². The number of unbranched alkanes of at least 4 members (excludes halogenated alkanes) is 1. The van der Waals surface area contributed by atoms with Crippen molar-refractivity contribution in [3.8, 4) is 0 Å². The highest BCUT2D eigenvalue weighted by Gasteiger charge is 2.17. The van der Waals surface area contributed by atoms with Gasteiger partial charge in [0.2, 0.25) is 0 Å². The summed E-state index contributed by atoms with van der Waals surface area (Å²) in [4.78, 5) is 0. The van der Waals surface area contributed by atoms with Gasteiger partial charge in [-0.15, -0.1) is 0 Å². The van der Waals surface area contributed by atoms with Gasteiger partial charge in [0.1, 0.15) is 5.82 Å². The number of hydrogen-bond donors (Lipinski definition) is 1. The van der Waals surface area contributed by atoms with Crippen molar-refractivity contribution in [2.45, 2.75) is 52.1 Å². The largest absolute Gasteiger partial charge is 0.388 e. The lowest BCUT2D eigenvalue weighted by molar-refractivity contribution is 0.140. The van der Waals surface area contributed by atoms with E-state index in [-0.39, 0.29) is 5.82 Å². The molecule has 0 radical (unpaired) electrons. The SMILES string of the molecule is CCCCC(CC)CC(O)c1ccc(F)c2ccccc12. The van der Waals surface area contributed by atoms with Gasteiger partial charge in [-0.1, -0.05) is 69.9 Å². The number of rotatable bonds is 7. The molecule has 0 amide bonds. The van der Waals surface area contributed by atoms with Crippen LogP contribution >= 0.6 is 0 Å². The Balaban J connectivity index is 2.23. The highest BCUT2D eigenvalue weighted by Crippen LogP contribution is 2.32. The summed E-state index contributed by atoms with van der Waals surface area (Å²) in [5, 5.41) is 12.0. The molecule has 0 saturated heterocycles. The molecule has 0 heterocycles. The fourth-order valence-corrected chi connectivity index (χ4v) is 3.00. The molecule has 2 rings (SSSR count). The van der Waals surface area contributed by atoms with Gasteiger partial charge in [0.15, 0.2) is 0 Å². The van der Waals surface area contributed by atoms with E-state index >= 15 is 0 Å². The zero-order valence-corrected chi connectivity index (χ0v) is 13.0. The van der Waals surface area contributed by atoms with Gasteiger partial charge >= 0.3 is 0 Å². The summed E-state index contributed by atoms with van der Waals surface area (Å²) in [5.74, 6) is 0.309. The summed E-state index contributed by atoms with van der Waals surface area (Å²) in [6.07, 6.45) is 4.87. The first kappa shape index (κ1) is 16.0. The molecule has 1 nitrogen and oxygen atoms in total. The third kappa shape index (κ3) is 3.82. The molecule has 0 bridgehead atoms. The lowest BCUT2D eigenvalue weighted by atomic mass is 9.89. The maximum atomic E-state index is 13.8. The van der Waals surface area contributed by atoms with Crippen LogP contribution in [0.4, 0.5) is 4.39 Å². The van der Waals surface area contributed by atoms with Crippen molar-refractivity contribution in [1.82, 2.24) is 0 Å². The van der Waals surface area contributed by atoms with E-state index < -0.39 is 6.10 Å². The predicted molar refractivity (Wildman–Crippen MR) is 86.8 cm³/mol. The number of halogens is 1. The highest BCUT2D eigenvalue weighted by atomic mass is 19.1. The van der Waals surface area contributed by atoms with Crippen molar-refractivity contribution in [1.29, 1.82) is 0 Å². The maximum Gasteiger partial charge on any atom is 0.131 e. The lowest BCUT2D eigenvalue weighted by Crippen LogP contribution is -2.07. The van der Waals surface area contributed by atoms with Crippen molar-refractivity contribution in [2.24, 2.45) is 5.92 Å². The Hall–Kier alpha value is -1.41. The molecule has 2 heteroatoms. The van der Waals surface area contributed by atoms with E-state index in [2.05, 4.69) is 13.8 Å². The molecule has 0 aliphatic heterocycles. The van der Waals surface area contributed by atoms with Crippen molar-refractivity contribution in [3.05, 3.63) is 47.8 Å². The molecule has 2 aromatic carbocycles. The Kier molecular flexibility index (Phi) is 5.75. The molecule has 0 spiro atoms. The number of benzene rings is 2. The second kappa shape index (κ2) is 7.56. The first-order valence-electron chi connectivity index (χ1n) is 8.02. The van der Waals surface area contributed by atoms with Crippen LogP contribution in [-0.4, -0.2) is 5.11 Å². The Bertz CT molecular complexity index is 579. The zero-order valence-electron chi connectivity index (χ0n) is 13.0. The minimum absolute atomic E-state index is 0.223. The molecule has 0 aromatic heterocycles. The molecular formula is C19H25FO. The van der Waals surface area contributed by atoms with Crippen molar-refractivity contribution < 1.29 is 9.50 Å². The molecule has 2 aromatic rings. The normalized spacial score (nSPS) is 14.3. The molecule has 1 N–H and O–H groups in total. The minimum atomic E-state index is -0.516. The highest BCUT2D eigenvalue weighted by molar-refractivity contribution is 5.86. The lowest BCUT2D eigenvalue weighted by Gasteiger charge is -2.20. The van der Waals surface area contributed by atoms with Gasteiger partial charge in [0, 0.05) is 5.39 Å². The minimum Gasteiger partial charge on any atom is -0.388 e. The quantitative estimate of drug-likeness (QED) is 0.701. The average molecular weight is 288 g/mol. The van der Waals surface area contributed by atoms with Gasteiger partial charge in [-0.05, 0) is 29.4 Å². The van der Waals surface area contributed by atoms with Gasteiger partial charge in [-0.25, -0.2) is 4.39 Å². The van der Waals surface area contributed by atoms with E-state index in [1.54, 1.807) is 12.1 Å². The third-order valence-electron chi connectivity index (χ3n) is 4.36. The van der Waals surface area contributed by atoms with Crippen LogP contribution in [0.3, 0.4) is 0 Å². The van der Waals surface area contributed by atoms with Gasteiger partial charge in [0.05, 0.1) is 6.10 Å². The molecule has 0 aliphatic carbocycles. The fourth-order valence-electron chi connectivity index (χ4n) is 3.00. The van der Waals surface area contributed by atoms with Crippen LogP contribution in [0, 0.1) is 11.7 Å².